The number of likely N-dealkylation sites (tertiary alicyclic amines) is 1. The van der Waals surface area contributed by atoms with Gasteiger partial charge in [0.2, 0.25) is 0 Å². The highest BCUT2D eigenvalue weighted by Gasteiger charge is 2.43. The Labute approximate surface area is 133 Å². The molecule has 2 aromatic rings. The molecule has 3 rings (SSSR count). The van der Waals surface area contributed by atoms with Gasteiger partial charge in [-0.05, 0) is 40.2 Å². The van der Waals surface area contributed by atoms with Crippen LogP contribution in [0.3, 0.4) is 0 Å². The van der Waals surface area contributed by atoms with Crippen LogP contribution < -0.4 is 0 Å². The largest absolute Gasteiger partial charge is 0.481 e. The molecule has 0 saturated carbocycles. The number of carbonyl (C=O) groups is 2. The molecule has 3 heterocycles. The predicted octanol–water partition coefficient (Wildman–Crippen LogP) is 1.59. The van der Waals surface area contributed by atoms with E-state index in [9.17, 15) is 14.7 Å². The normalized spacial score (nSPS) is 21.1. The van der Waals surface area contributed by atoms with Crippen LogP contribution in [0.2, 0.25) is 0 Å². The van der Waals surface area contributed by atoms with Crippen molar-refractivity contribution in [3.05, 3.63) is 28.7 Å². The molecule has 122 valence electrons. The smallest absolute Gasteiger partial charge is 0.311 e. The second-order valence-corrected chi connectivity index (χ2v) is 6.58. The topological polar surface area (TPSA) is 87.8 Å². The minimum Gasteiger partial charge on any atom is -0.481 e. The van der Waals surface area contributed by atoms with Gasteiger partial charge in [0, 0.05) is 24.5 Å². The fourth-order valence-electron chi connectivity index (χ4n) is 3.14. The molecule has 0 aromatic carbocycles. The highest BCUT2D eigenvalue weighted by atomic mass is 16.4. The zero-order valence-corrected chi connectivity index (χ0v) is 13.8. The van der Waals surface area contributed by atoms with Gasteiger partial charge in [-0.15, -0.1) is 0 Å². The van der Waals surface area contributed by atoms with E-state index in [2.05, 4.69) is 10.1 Å². The van der Waals surface area contributed by atoms with Crippen LogP contribution in [0.4, 0.5) is 0 Å². The Balaban J connectivity index is 2.03. The van der Waals surface area contributed by atoms with Gasteiger partial charge < -0.3 is 10.0 Å². The maximum atomic E-state index is 12.9. The van der Waals surface area contributed by atoms with E-state index in [1.165, 1.54) is 0 Å². The molecule has 23 heavy (non-hydrogen) atoms. The Morgan fingerprint density at radius 1 is 1.30 bits per heavy atom. The molecule has 1 aliphatic heterocycles. The number of aromatic nitrogens is 3. The Kier molecular flexibility index (Phi) is 3.39. The van der Waals surface area contributed by atoms with Crippen LogP contribution in [-0.4, -0.2) is 49.6 Å². The molecule has 0 radical (unpaired) electrons. The second-order valence-electron chi connectivity index (χ2n) is 6.58. The number of nitrogens with zero attached hydrogens (tertiary/aromatic N) is 4. The number of aryl methyl sites for hydroxylation is 3. The Morgan fingerprint density at radius 2 is 2.00 bits per heavy atom. The van der Waals surface area contributed by atoms with Gasteiger partial charge in [0.1, 0.15) is 5.56 Å². The van der Waals surface area contributed by atoms with Gasteiger partial charge in [-0.25, -0.2) is 9.50 Å². The maximum absolute atomic E-state index is 12.9. The lowest BCUT2D eigenvalue weighted by atomic mass is 9.90. The first-order valence-electron chi connectivity index (χ1n) is 7.59. The monoisotopic (exact) mass is 316 g/mol. The molecule has 1 aliphatic rings. The first-order chi connectivity index (χ1) is 10.7. The molecule has 1 N–H and O–H groups in total. The quantitative estimate of drug-likeness (QED) is 0.909. The van der Waals surface area contributed by atoms with Crippen molar-refractivity contribution >= 4 is 17.5 Å². The number of carbonyl (C=O) groups excluding carboxylic acids is 1. The van der Waals surface area contributed by atoms with Crippen molar-refractivity contribution in [3.63, 3.8) is 0 Å². The van der Waals surface area contributed by atoms with Crippen molar-refractivity contribution in [1.29, 1.82) is 0 Å². The number of carboxylic acid groups (broad SMARTS) is 1. The predicted molar refractivity (Wildman–Crippen MR) is 83.5 cm³/mol. The van der Waals surface area contributed by atoms with Crippen LogP contribution in [0.15, 0.2) is 6.07 Å². The van der Waals surface area contributed by atoms with Crippen molar-refractivity contribution < 1.29 is 14.7 Å². The molecule has 2 aromatic heterocycles. The Bertz CT molecular complexity index is 826. The van der Waals surface area contributed by atoms with E-state index in [-0.39, 0.29) is 12.5 Å². The Morgan fingerprint density at radius 3 is 2.61 bits per heavy atom. The van der Waals surface area contributed by atoms with Gasteiger partial charge in [-0.2, -0.15) is 5.10 Å². The molecular weight excluding hydrogens is 296 g/mol. The van der Waals surface area contributed by atoms with Gasteiger partial charge in [-0.1, -0.05) is 0 Å². The number of rotatable bonds is 2. The van der Waals surface area contributed by atoms with Crippen LogP contribution in [-0.2, 0) is 4.79 Å². The highest BCUT2D eigenvalue weighted by Crippen LogP contribution is 2.32. The molecule has 0 bridgehead atoms. The third-order valence-corrected chi connectivity index (χ3v) is 4.56. The molecular formula is C16H20N4O3. The molecule has 1 saturated heterocycles. The van der Waals surface area contributed by atoms with Gasteiger partial charge in [0.05, 0.1) is 11.1 Å². The van der Waals surface area contributed by atoms with Gasteiger partial charge in [0.25, 0.3) is 5.91 Å². The number of hydrogen-bond donors (Lipinski definition) is 1. The number of hydrogen-bond acceptors (Lipinski definition) is 4. The van der Waals surface area contributed by atoms with Crippen molar-refractivity contribution in [1.82, 2.24) is 19.5 Å². The third-order valence-electron chi connectivity index (χ3n) is 4.56. The summed E-state index contributed by atoms with van der Waals surface area (Å²) in [6, 6.07) is 1.91. The van der Waals surface area contributed by atoms with Crippen LogP contribution in [0.1, 0.15) is 40.8 Å². The summed E-state index contributed by atoms with van der Waals surface area (Å²) < 4.78 is 1.67. The highest BCUT2D eigenvalue weighted by molar-refractivity contribution is 6.01. The fourth-order valence-corrected chi connectivity index (χ4v) is 3.14. The first-order valence-corrected chi connectivity index (χ1v) is 7.59. The van der Waals surface area contributed by atoms with E-state index in [0.717, 1.165) is 11.4 Å². The van der Waals surface area contributed by atoms with Gasteiger partial charge in [0.15, 0.2) is 5.65 Å². The average Bonchev–Trinajstić information content (AvgIpc) is 3.00. The van der Waals surface area contributed by atoms with Gasteiger partial charge >= 0.3 is 5.97 Å². The van der Waals surface area contributed by atoms with Gasteiger partial charge in [-0.3, -0.25) is 9.59 Å². The van der Waals surface area contributed by atoms with Crippen LogP contribution in [0.5, 0.6) is 0 Å². The minimum atomic E-state index is -0.883. The van der Waals surface area contributed by atoms with Crippen LogP contribution >= 0.6 is 0 Å². The summed E-state index contributed by atoms with van der Waals surface area (Å²) in [5.74, 6) is -1.06. The molecule has 1 amide bonds. The molecule has 7 nitrogen and oxygen atoms in total. The summed E-state index contributed by atoms with van der Waals surface area (Å²) in [6.45, 7) is 7.90. The summed E-state index contributed by atoms with van der Waals surface area (Å²) in [6.07, 6.45) is 0.456. The number of amides is 1. The van der Waals surface area contributed by atoms with Crippen molar-refractivity contribution in [3.8, 4) is 0 Å². The number of carboxylic acids is 1. The molecule has 0 unspecified atom stereocenters. The van der Waals surface area contributed by atoms with E-state index >= 15 is 0 Å². The van der Waals surface area contributed by atoms with E-state index in [1.54, 1.807) is 23.3 Å². The van der Waals surface area contributed by atoms with Crippen molar-refractivity contribution in [2.75, 3.05) is 13.1 Å². The van der Waals surface area contributed by atoms with Crippen molar-refractivity contribution in [2.45, 2.75) is 34.1 Å². The lowest BCUT2D eigenvalue weighted by molar-refractivity contribution is -0.147. The number of aliphatic carboxylic acids is 1. The van der Waals surface area contributed by atoms with E-state index in [4.69, 9.17) is 0 Å². The third kappa shape index (κ3) is 2.36. The fraction of sp³-hybridized carbons (Fsp3) is 0.500. The maximum Gasteiger partial charge on any atom is 0.311 e. The zero-order chi connectivity index (χ0) is 16.9. The minimum absolute atomic E-state index is 0.194. The average molecular weight is 316 g/mol. The van der Waals surface area contributed by atoms with Crippen molar-refractivity contribution in [2.24, 2.45) is 5.41 Å². The Hall–Kier alpha value is -2.44. The molecule has 0 spiro atoms. The standard InChI is InChI=1S/C16H20N4O3/c1-9-7-10(2)20-13(17-9)12(11(3)18-20)14(21)19-6-5-16(4,8-19)15(22)23/h7H,5-6,8H2,1-4H3,(H,22,23)/t16-/m0/s1. The van der Waals surface area contributed by atoms with Crippen LogP contribution in [0, 0.1) is 26.2 Å². The zero-order valence-electron chi connectivity index (χ0n) is 13.8. The lowest BCUT2D eigenvalue weighted by Gasteiger charge is -2.20. The van der Waals surface area contributed by atoms with E-state index in [1.807, 2.05) is 19.9 Å². The van der Waals surface area contributed by atoms with E-state index < -0.39 is 11.4 Å². The summed E-state index contributed by atoms with van der Waals surface area (Å²) in [5.41, 5.74) is 2.46. The van der Waals surface area contributed by atoms with Crippen LogP contribution in [0.25, 0.3) is 5.65 Å². The number of fused-ring (bicyclic) bond motifs is 1. The SMILES string of the molecule is Cc1cc(C)n2nc(C)c(C(=O)N3CC[C@](C)(C(=O)O)C3)c2n1. The summed E-state index contributed by atoms with van der Waals surface area (Å²) >= 11 is 0. The molecule has 1 atom stereocenters. The summed E-state index contributed by atoms with van der Waals surface area (Å²) in [5, 5.41) is 13.7. The summed E-state index contributed by atoms with van der Waals surface area (Å²) in [7, 11) is 0. The molecule has 0 aliphatic carbocycles. The molecule has 7 heteroatoms. The first kappa shape index (κ1) is 15.5. The van der Waals surface area contributed by atoms with E-state index in [0.29, 0.717) is 29.9 Å². The second kappa shape index (κ2) is 5.04. The molecule has 1 fully saturated rings. The summed E-state index contributed by atoms with van der Waals surface area (Å²) in [4.78, 5) is 30.3. The lowest BCUT2D eigenvalue weighted by Crippen LogP contribution is -2.35.